The number of furan rings is 1. The minimum atomic E-state index is -0.125. The molecule has 0 aliphatic rings. The lowest BCUT2D eigenvalue weighted by molar-refractivity contribution is 0.0963. The Labute approximate surface area is 172 Å². The summed E-state index contributed by atoms with van der Waals surface area (Å²) in [5, 5.41) is 7.24. The standard InChI is InChI=1S/C23H17N5O2/c1-24-23(29)17-4-2-3-15(9-17)19-11-22-26-13-21(28(22)27-12-19)16-5-7-25-20(10-16)18-6-8-30-14-18/h2-14H,1H3,(H,24,29). The van der Waals surface area contributed by atoms with Crippen LogP contribution in [0.15, 0.2) is 84.1 Å². The Balaban J connectivity index is 1.54. The van der Waals surface area contributed by atoms with Crippen LogP contribution in [0.25, 0.3) is 39.3 Å². The minimum absolute atomic E-state index is 0.125. The van der Waals surface area contributed by atoms with Crippen molar-refractivity contribution >= 4 is 11.6 Å². The summed E-state index contributed by atoms with van der Waals surface area (Å²) in [6.45, 7) is 0. The molecule has 0 saturated heterocycles. The monoisotopic (exact) mass is 395 g/mol. The number of imidazole rings is 1. The first-order chi connectivity index (χ1) is 14.7. The van der Waals surface area contributed by atoms with Gasteiger partial charge in [-0.2, -0.15) is 5.10 Å². The molecule has 0 radical (unpaired) electrons. The van der Waals surface area contributed by atoms with E-state index in [4.69, 9.17) is 4.42 Å². The summed E-state index contributed by atoms with van der Waals surface area (Å²) in [6, 6.07) is 15.2. The van der Waals surface area contributed by atoms with E-state index in [0.29, 0.717) is 5.56 Å². The van der Waals surface area contributed by atoms with Crippen molar-refractivity contribution in [2.45, 2.75) is 0 Å². The number of aromatic nitrogens is 4. The number of carbonyl (C=O) groups excluding carboxylic acids is 1. The Bertz CT molecular complexity index is 1360. The van der Waals surface area contributed by atoms with E-state index < -0.39 is 0 Å². The zero-order valence-corrected chi connectivity index (χ0v) is 16.1. The molecule has 7 heteroatoms. The van der Waals surface area contributed by atoms with Gasteiger partial charge in [-0.3, -0.25) is 9.78 Å². The van der Waals surface area contributed by atoms with Crippen molar-refractivity contribution in [1.82, 2.24) is 24.9 Å². The highest BCUT2D eigenvalue weighted by atomic mass is 16.3. The summed E-state index contributed by atoms with van der Waals surface area (Å²) in [5.41, 5.74) is 6.66. The Morgan fingerprint density at radius 3 is 2.73 bits per heavy atom. The maximum atomic E-state index is 11.9. The van der Waals surface area contributed by atoms with Gasteiger partial charge < -0.3 is 9.73 Å². The number of pyridine rings is 1. The highest BCUT2D eigenvalue weighted by Gasteiger charge is 2.12. The van der Waals surface area contributed by atoms with Crippen molar-refractivity contribution in [2.75, 3.05) is 7.05 Å². The first-order valence-electron chi connectivity index (χ1n) is 9.38. The van der Waals surface area contributed by atoms with Crippen molar-refractivity contribution in [3.05, 3.63) is 85.2 Å². The number of hydrogen-bond acceptors (Lipinski definition) is 5. The fourth-order valence-corrected chi connectivity index (χ4v) is 3.37. The van der Waals surface area contributed by atoms with E-state index in [1.165, 1.54) is 0 Å². The fourth-order valence-electron chi connectivity index (χ4n) is 3.37. The Morgan fingerprint density at radius 1 is 0.967 bits per heavy atom. The summed E-state index contributed by atoms with van der Waals surface area (Å²) in [7, 11) is 1.62. The highest BCUT2D eigenvalue weighted by molar-refractivity contribution is 5.95. The van der Waals surface area contributed by atoms with Crippen LogP contribution in [0.1, 0.15) is 10.4 Å². The molecule has 30 heavy (non-hydrogen) atoms. The molecule has 1 N–H and O–H groups in total. The second-order valence-corrected chi connectivity index (χ2v) is 6.76. The molecule has 4 aromatic heterocycles. The summed E-state index contributed by atoms with van der Waals surface area (Å²) < 4.78 is 6.95. The van der Waals surface area contributed by atoms with Crippen LogP contribution in [0.4, 0.5) is 0 Å². The van der Waals surface area contributed by atoms with Crippen LogP contribution in [0.2, 0.25) is 0 Å². The van der Waals surface area contributed by atoms with Crippen LogP contribution in [0.3, 0.4) is 0 Å². The van der Waals surface area contributed by atoms with E-state index >= 15 is 0 Å². The SMILES string of the molecule is CNC(=O)c1cccc(-c2cnn3c(-c4ccnc(-c5ccoc5)c4)cnc3c2)c1. The van der Waals surface area contributed by atoms with Crippen molar-refractivity contribution in [1.29, 1.82) is 0 Å². The van der Waals surface area contributed by atoms with Gasteiger partial charge in [0.1, 0.15) is 0 Å². The van der Waals surface area contributed by atoms with E-state index in [-0.39, 0.29) is 5.91 Å². The minimum Gasteiger partial charge on any atom is -0.472 e. The second kappa shape index (κ2) is 7.29. The molecule has 0 aliphatic heterocycles. The third kappa shape index (κ3) is 3.12. The average molecular weight is 395 g/mol. The number of nitrogens with one attached hydrogen (secondary N) is 1. The number of fused-ring (bicyclic) bond motifs is 1. The Morgan fingerprint density at radius 2 is 1.90 bits per heavy atom. The summed E-state index contributed by atoms with van der Waals surface area (Å²) in [6.07, 6.45) is 8.62. The third-order valence-corrected chi connectivity index (χ3v) is 4.92. The van der Waals surface area contributed by atoms with Gasteiger partial charge in [-0.25, -0.2) is 9.50 Å². The molecule has 4 heterocycles. The van der Waals surface area contributed by atoms with Crippen molar-refractivity contribution in [2.24, 2.45) is 0 Å². The Hall–Kier alpha value is -4.26. The molecule has 7 nitrogen and oxygen atoms in total. The van der Waals surface area contributed by atoms with Crippen molar-refractivity contribution < 1.29 is 9.21 Å². The van der Waals surface area contributed by atoms with Gasteiger partial charge in [0.15, 0.2) is 5.65 Å². The molecule has 0 aliphatic carbocycles. The van der Waals surface area contributed by atoms with Gasteiger partial charge in [0.05, 0.1) is 36.3 Å². The van der Waals surface area contributed by atoms with E-state index in [1.807, 2.05) is 42.5 Å². The number of hydrogen-bond donors (Lipinski definition) is 1. The molecular weight excluding hydrogens is 378 g/mol. The maximum Gasteiger partial charge on any atom is 0.251 e. The average Bonchev–Trinajstić information content (AvgIpc) is 3.48. The third-order valence-electron chi connectivity index (χ3n) is 4.92. The highest BCUT2D eigenvalue weighted by Crippen LogP contribution is 2.27. The fraction of sp³-hybridized carbons (Fsp3) is 0.0435. The van der Waals surface area contributed by atoms with Gasteiger partial charge in [-0.05, 0) is 42.0 Å². The first-order valence-corrected chi connectivity index (χ1v) is 9.38. The number of rotatable bonds is 4. The van der Waals surface area contributed by atoms with Crippen LogP contribution in [0, 0.1) is 0 Å². The lowest BCUT2D eigenvalue weighted by atomic mass is 10.0. The normalized spacial score (nSPS) is 11.0. The molecule has 0 bridgehead atoms. The summed E-state index contributed by atoms with van der Waals surface area (Å²) in [5.74, 6) is -0.125. The predicted octanol–water partition coefficient (Wildman–Crippen LogP) is 4.08. The second-order valence-electron chi connectivity index (χ2n) is 6.76. The molecule has 0 spiro atoms. The molecule has 1 amide bonds. The lowest BCUT2D eigenvalue weighted by Gasteiger charge is -2.06. The molecule has 5 aromatic rings. The summed E-state index contributed by atoms with van der Waals surface area (Å²) in [4.78, 5) is 20.9. The van der Waals surface area contributed by atoms with Crippen LogP contribution in [0.5, 0.6) is 0 Å². The van der Waals surface area contributed by atoms with Gasteiger partial charge in [-0.15, -0.1) is 0 Å². The predicted molar refractivity (Wildman–Crippen MR) is 113 cm³/mol. The van der Waals surface area contributed by atoms with Crippen LogP contribution in [-0.2, 0) is 0 Å². The van der Waals surface area contributed by atoms with Gasteiger partial charge in [0.25, 0.3) is 5.91 Å². The quantitative estimate of drug-likeness (QED) is 0.496. The zero-order chi connectivity index (χ0) is 20.5. The van der Waals surface area contributed by atoms with Crippen molar-refractivity contribution in [3.63, 3.8) is 0 Å². The Kier molecular flexibility index (Phi) is 4.33. The van der Waals surface area contributed by atoms with Gasteiger partial charge >= 0.3 is 0 Å². The number of benzene rings is 1. The van der Waals surface area contributed by atoms with Crippen molar-refractivity contribution in [3.8, 4) is 33.6 Å². The smallest absolute Gasteiger partial charge is 0.251 e. The zero-order valence-electron chi connectivity index (χ0n) is 16.1. The van der Waals surface area contributed by atoms with E-state index in [0.717, 1.165) is 39.3 Å². The van der Waals surface area contributed by atoms with Gasteiger partial charge in [0, 0.05) is 35.5 Å². The number of amides is 1. The molecule has 146 valence electrons. The van der Waals surface area contributed by atoms with E-state index in [9.17, 15) is 4.79 Å². The van der Waals surface area contributed by atoms with E-state index in [1.54, 1.807) is 48.7 Å². The lowest BCUT2D eigenvalue weighted by Crippen LogP contribution is -2.17. The number of nitrogens with zero attached hydrogens (tertiary/aromatic N) is 4. The largest absolute Gasteiger partial charge is 0.472 e. The van der Waals surface area contributed by atoms with Crippen LogP contribution >= 0.6 is 0 Å². The number of carbonyl (C=O) groups is 1. The maximum absolute atomic E-state index is 11.9. The van der Waals surface area contributed by atoms with Crippen LogP contribution in [-0.4, -0.2) is 32.5 Å². The van der Waals surface area contributed by atoms with Crippen LogP contribution < -0.4 is 5.32 Å². The molecule has 1 aromatic carbocycles. The first kappa shape index (κ1) is 17.8. The summed E-state index contributed by atoms with van der Waals surface area (Å²) >= 11 is 0. The molecule has 5 rings (SSSR count). The van der Waals surface area contributed by atoms with Gasteiger partial charge in [0.2, 0.25) is 0 Å². The molecule has 0 fully saturated rings. The molecule has 0 unspecified atom stereocenters. The molecule has 0 atom stereocenters. The molecular formula is C23H17N5O2. The van der Waals surface area contributed by atoms with E-state index in [2.05, 4.69) is 20.4 Å². The molecule has 0 saturated carbocycles. The topological polar surface area (TPSA) is 85.3 Å². The van der Waals surface area contributed by atoms with Gasteiger partial charge in [-0.1, -0.05) is 12.1 Å².